The van der Waals surface area contributed by atoms with E-state index in [0.29, 0.717) is 0 Å². The lowest BCUT2D eigenvalue weighted by Crippen LogP contribution is -2.27. The molecule has 2 aromatic carbocycles. The summed E-state index contributed by atoms with van der Waals surface area (Å²) in [5.41, 5.74) is 0.569. The van der Waals surface area contributed by atoms with Crippen LogP contribution >= 0.6 is 0 Å². The van der Waals surface area contributed by atoms with E-state index in [0.717, 1.165) is 18.9 Å². The molecule has 1 amide bonds. The minimum Gasteiger partial charge on any atom is -0.493 e. The van der Waals surface area contributed by atoms with E-state index in [1.807, 2.05) is 0 Å². The number of carboxylic acid groups (broad SMARTS) is 1. The number of para-hydroxylation sites is 1. The van der Waals surface area contributed by atoms with Crippen molar-refractivity contribution in [3.8, 4) is 11.5 Å². The predicted octanol–water partition coefficient (Wildman–Crippen LogP) is 2.49. The molecule has 9 nitrogen and oxygen atoms in total. The first kappa shape index (κ1) is 22.2. The number of carboxylic acids is 1. The number of ether oxygens (including phenoxy) is 2. The molecule has 0 aliphatic heterocycles. The summed E-state index contributed by atoms with van der Waals surface area (Å²) in [6, 6.07) is 9.08. The van der Waals surface area contributed by atoms with E-state index in [9.17, 15) is 18.0 Å². The fourth-order valence-electron chi connectivity index (χ4n) is 2.87. The number of anilines is 1. The third-order valence-corrected chi connectivity index (χ3v) is 5.87. The van der Waals surface area contributed by atoms with E-state index in [1.165, 1.54) is 44.6 Å². The zero-order chi connectivity index (χ0) is 22.6. The van der Waals surface area contributed by atoms with Crippen LogP contribution in [0.5, 0.6) is 11.5 Å². The van der Waals surface area contributed by atoms with Crippen LogP contribution in [0.25, 0.3) is 6.08 Å². The summed E-state index contributed by atoms with van der Waals surface area (Å²) >= 11 is 0. The summed E-state index contributed by atoms with van der Waals surface area (Å²) in [5.74, 6) is -1.51. The number of hydrogen-bond acceptors (Lipinski definition) is 6. The molecule has 0 radical (unpaired) electrons. The Labute approximate surface area is 179 Å². The van der Waals surface area contributed by atoms with Crippen LogP contribution in [0.3, 0.4) is 0 Å². The maximum absolute atomic E-state index is 13.2. The molecule has 0 spiro atoms. The molecular weight excluding hydrogens is 424 g/mol. The third-order valence-electron chi connectivity index (χ3n) is 4.50. The van der Waals surface area contributed by atoms with Crippen molar-refractivity contribution in [3.63, 3.8) is 0 Å². The van der Waals surface area contributed by atoms with Gasteiger partial charge in [-0.3, -0.25) is 9.52 Å². The van der Waals surface area contributed by atoms with E-state index >= 15 is 0 Å². The summed E-state index contributed by atoms with van der Waals surface area (Å²) in [4.78, 5) is 23.1. The van der Waals surface area contributed by atoms with E-state index < -0.39 is 16.0 Å². The van der Waals surface area contributed by atoms with Gasteiger partial charge in [0.05, 0.1) is 25.5 Å². The van der Waals surface area contributed by atoms with E-state index in [2.05, 4.69) is 10.0 Å². The predicted molar refractivity (Wildman–Crippen MR) is 114 cm³/mol. The molecule has 0 bridgehead atoms. The fourth-order valence-corrected chi connectivity index (χ4v) is 4.17. The Hall–Kier alpha value is -3.53. The van der Waals surface area contributed by atoms with Gasteiger partial charge >= 0.3 is 5.97 Å². The van der Waals surface area contributed by atoms with Crippen molar-refractivity contribution in [1.29, 1.82) is 0 Å². The van der Waals surface area contributed by atoms with Crippen LogP contribution in [0, 0.1) is 0 Å². The second kappa shape index (κ2) is 9.09. The molecular formula is C21H22N2O7S. The number of sulfonamides is 1. The van der Waals surface area contributed by atoms with E-state index in [4.69, 9.17) is 14.6 Å². The van der Waals surface area contributed by atoms with Crippen molar-refractivity contribution in [2.24, 2.45) is 0 Å². The van der Waals surface area contributed by atoms with E-state index in [-0.39, 0.29) is 45.2 Å². The first-order chi connectivity index (χ1) is 14.7. The summed E-state index contributed by atoms with van der Waals surface area (Å²) in [7, 11) is -1.61. The highest BCUT2D eigenvalue weighted by Gasteiger charge is 2.28. The summed E-state index contributed by atoms with van der Waals surface area (Å²) in [5, 5.41) is 11.7. The molecule has 1 aliphatic carbocycles. The molecule has 1 fully saturated rings. The second-order valence-corrected chi connectivity index (χ2v) is 8.48. The van der Waals surface area contributed by atoms with Crippen LogP contribution in [-0.2, 0) is 14.8 Å². The van der Waals surface area contributed by atoms with Crippen LogP contribution in [0.2, 0.25) is 0 Å². The Balaban J connectivity index is 2.03. The molecule has 164 valence electrons. The van der Waals surface area contributed by atoms with Gasteiger partial charge in [-0.2, -0.15) is 0 Å². The number of nitrogens with one attached hydrogen (secondary N) is 2. The number of aliphatic carboxylic acids is 1. The monoisotopic (exact) mass is 446 g/mol. The van der Waals surface area contributed by atoms with Crippen LogP contribution in [0.15, 0.2) is 47.4 Å². The van der Waals surface area contributed by atoms with Gasteiger partial charge in [-0.1, -0.05) is 12.1 Å². The number of rotatable bonds is 9. The molecule has 31 heavy (non-hydrogen) atoms. The molecule has 10 heteroatoms. The maximum Gasteiger partial charge on any atom is 0.328 e. The molecule has 0 aromatic heterocycles. The molecule has 0 unspecified atom stereocenters. The normalized spacial score (nSPS) is 13.6. The van der Waals surface area contributed by atoms with Gasteiger partial charge in [-0.05, 0) is 48.7 Å². The highest BCUT2D eigenvalue weighted by molar-refractivity contribution is 7.92. The van der Waals surface area contributed by atoms with Gasteiger partial charge in [-0.25, -0.2) is 13.2 Å². The lowest BCUT2D eigenvalue weighted by atomic mass is 10.1. The minimum atomic E-state index is -4.23. The number of benzene rings is 2. The first-order valence-corrected chi connectivity index (χ1v) is 10.8. The Kier molecular flexibility index (Phi) is 6.50. The van der Waals surface area contributed by atoms with Gasteiger partial charge in [0.2, 0.25) is 0 Å². The smallest absolute Gasteiger partial charge is 0.328 e. The number of amides is 1. The largest absolute Gasteiger partial charge is 0.493 e. The van der Waals surface area contributed by atoms with Crippen molar-refractivity contribution in [2.45, 2.75) is 23.8 Å². The van der Waals surface area contributed by atoms with Gasteiger partial charge in [0.25, 0.3) is 15.9 Å². The molecule has 3 rings (SSSR count). The number of methoxy groups -OCH3 is 2. The van der Waals surface area contributed by atoms with Crippen molar-refractivity contribution in [3.05, 3.63) is 53.6 Å². The number of carbonyl (C=O) groups excluding carboxylic acids is 1. The Morgan fingerprint density at radius 2 is 1.84 bits per heavy atom. The van der Waals surface area contributed by atoms with Gasteiger partial charge < -0.3 is 19.9 Å². The van der Waals surface area contributed by atoms with Gasteiger partial charge in [-0.15, -0.1) is 0 Å². The second-order valence-electron chi connectivity index (χ2n) is 6.82. The van der Waals surface area contributed by atoms with Crippen molar-refractivity contribution >= 4 is 33.7 Å². The Morgan fingerprint density at radius 1 is 1.13 bits per heavy atom. The SMILES string of the molecule is COc1cc(/C=C/C(=O)O)cc(S(=O)(=O)Nc2ccccc2C(=O)NC2CC2)c1OC. The maximum atomic E-state index is 13.2. The summed E-state index contributed by atoms with van der Waals surface area (Å²) in [6.45, 7) is 0. The molecule has 1 saturated carbocycles. The topological polar surface area (TPSA) is 131 Å². The van der Waals surface area contributed by atoms with Crippen molar-refractivity contribution in [1.82, 2.24) is 5.32 Å². The Bertz CT molecular complexity index is 1140. The average Bonchev–Trinajstić information content (AvgIpc) is 3.55. The molecule has 0 heterocycles. The van der Waals surface area contributed by atoms with Crippen LogP contribution in [0.1, 0.15) is 28.8 Å². The standard InChI is InChI=1S/C21H22N2O7S/c1-29-17-11-13(7-10-19(24)25)12-18(20(17)30-2)31(27,28)23-16-6-4-3-5-15(16)21(26)22-14-8-9-14/h3-7,10-12,14,23H,8-9H2,1-2H3,(H,22,26)(H,24,25)/b10-7+. The average molecular weight is 446 g/mol. The van der Waals surface area contributed by atoms with Crippen LogP contribution < -0.4 is 19.5 Å². The lowest BCUT2D eigenvalue weighted by molar-refractivity contribution is -0.131. The van der Waals surface area contributed by atoms with Crippen LogP contribution in [-0.4, -0.2) is 45.7 Å². The van der Waals surface area contributed by atoms with E-state index in [1.54, 1.807) is 12.1 Å². The number of hydrogen-bond donors (Lipinski definition) is 3. The fraction of sp³-hybridized carbons (Fsp3) is 0.238. The quantitative estimate of drug-likeness (QED) is 0.504. The molecule has 0 saturated heterocycles. The Morgan fingerprint density at radius 3 is 2.45 bits per heavy atom. The zero-order valence-corrected chi connectivity index (χ0v) is 17.7. The number of carbonyl (C=O) groups is 2. The molecule has 3 N–H and O–H groups in total. The van der Waals surface area contributed by atoms with Crippen molar-refractivity contribution < 1.29 is 32.6 Å². The van der Waals surface area contributed by atoms with Gasteiger partial charge in [0.1, 0.15) is 4.90 Å². The van der Waals surface area contributed by atoms with Crippen molar-refractivity contribution in [2.75, 3.05) is 18.9 Å². The molecule has 0 atom stereocenters. The van der Waals surface area contributed by atoms with Gasteiger partial charge in [0.15, 0.2) is 11.5 Å². The highest BCUT2D eigenvalue weighted by atomic mass is 32.2. The third kappa shape index (κ3) is 5.34. The lowest BCUT2D eigenvalue weighted by Gasteiger charge is -2.17. The minimum absolute atomic E-state index is 0.0533. The molecule has 1 aliphatic rings. The van der Waals surface area contributed by atoms with Gasteiger partial charge in [0, 0.05) is 12.1 Å². The first-order valence-electron chi connectivity index (χ1n) is 9.35. The molecule has 2 aromatic rings. The zero-order valence-electron chi connectivity index (χ0n) is 16.9. The summed E-state index contributed by atoms with van der Waals surface area (Å²) in [6.07, 6.45) is 3.91. The summed E-state index contributed by atoms with van der Waals surface area (Å²) < 4.78 is 39.4. The highest BCUT2D eigenvalue weighted by Crippen LogP contribution is 2.37. The van der Waals surface area contributed by atoms with Crippen LogP contribution in [0.4, 0.5) is 5.69 Å².